The first-order valence-electron chi connectivity index (χ1n) is 7.12. The molecule has 0 radical (unpaired) electrons. The molecule has 0 aromatic heterocycles. The van der Waals surface area contributed by atoms with Crippen molar-refractivity contribution in [2.45, 2.75) is 12.6 Å². The van der Waals surface area contributed by atoms with E-state index in [1.165, 1.54) is 14.2 Å². The Morgan fingerprint density at radius 2 is 1.80 bits per heavy atom. The van der Waals surface area contributed by atoms with Gasteiger partial charge in [-0.2, -0.15) is 13.2 Å². The lowest BCUT2D eigenvalue weighted by molar-refractivity contribution is -0.140. The molecule has 0 bridgehead atoms. The van der Waals surface area contributed by atoms with Crippen LogP contribution in [0.15, 0.2) is 36.4 Å². The van der Waals surface area contributed by atoms with Gasteiger partial charge in [-0.05, 0) is 36.4 Å². The summed E-state index contributed by atoms with van der Waals surface area (Å²) in [6, 6.07) is 7.12. The minimum atomic E-state index is -4.85. The molecule has 8 heteroatoms. The smallest absolute Gasteiger partial charge is 0.419 e. The SMILES string of the molecule is COc1ccc(OC)c(CC(=O)Nc2ccc(F)c(C(F)(F)F)c2)c1. The van der Waals surface area contributed by atoms with Crippen molar-refractivity contribution in [1.82, 2.24) is 0 Å². The van der Waals surface area contributed by atoms with Gasteiger partial charge in [0, 0.05) is 11.3 Å². The number of alkyl halides is 3. The van der Waals surface area contributed by atoms with Crippen molar-refractivity contribution >= 4 is 11.6 Å². The largest absolute Gasteiger partial charge is 0.497 e. The Morgan fingerprint density at radius 1 is 1.08 bits per heavy atom. The van der Waals surface area contributed by atoms with E-state index in [4.69, 9.17) is 9.47 Å². The summed E-state index contributed by atoms with van der Waals surface area (Å²) in [7, 11) is 2.89. The quantitative estimate of drug-likeness (QED) is 0.822. The van der Waals surface area contributed by atoms with E-state index in [1.54, 1.807) is 18.2 Å². The molecule has 0 aliphatic heterocycles. The molecule has 0 saturated heterocycles. The van der Waals surface area contributed by atoms with Crippen LogP contribution in [0.3, 0.4) is 0 Å². The Kier molecular flexibility index (Phi) is 5.51. The summed E-state index contributed by atoms with van der Waals surface area (Å²) in [5, 5.41) is 2.32. The Labute approximate surface area is 141 Å². The maximum atomic E-state index is 13.3. The number of amides is 1. The molecule has 25 heavy (non-hydrogen) atoms. The third-order valence-corrected chi connectivity index (χ3v) is 3.39. The third-order valence-electron chi connectivity index (χ3n) is 3.39. The average molecular weight is 357 g/mol. The van der Waals surface area contributed by atoms with Gasteiger partial charge in [0.05, 0.1) is 26.2 Å². The van der Waals surface area contributed by atoms with E-state index >= 15 is 0 Å². The van der Waals surface area contributed by atoms with E-state index in [0.717, 1.165) is 6.07 Å². The number of rotatable bonds is 5. The Morgan fingerprint density at radius 3 is 2.40 bits per heavy atom. The minimum absolute atomic E-state index is 0.152. The zero-order valence-corrected chi connectivity index (χ0v) is 13.4. The molecule has 2 aromatic rings. The third kappa shape index (κ3) is 4.62. The molecule has 0 heterocycles. The number of benzene rings is 2. The zero-order valence-electron chi connectivity index (χ0n) is 13.4. The molecule has 134 valence electrons. The van der Waals surface area contributed by atoms with Crippen LogP contribution in [0, 0.1) is 5.82 Å². The maximum absolute atomic E-state index is 13.3. The van der Waals surface area contributed by atoms with Gasteiger partial charge in [0.1, 0.15) is 17.3 Å². The van der Waals surface area contributed by atoms with Gasteiger partial charge in [0.25, 0.3) is 0 Å². The van der Waals surface area contributed by atoms with Gasteiger partial charge in [-0.3, -0.25) is 4.79 Å². The fourth-order valence-electron chi connectivity index (χ4n) is 2.22. The first-order valence-corrected chi connectivity index (χ1v) is 7.12. The highest BCUT2D eigenvalue weighted by Gasteiger charge is 2.34. The predicted molar refractivity (Wildman–Crippen MR) is 83.3 cm³/mol. The summed E-state index contributed by atoms with van der Waals surface area (Å²) < 4.78 is 61.6. The Bertz CT molecular complexity index is 775. The van der Waals surface area contributed by atoms with Crippen molar-refractivity contribution in [2.75, 3.05) is 19.5 Å². The second-order valence-corrected chi connectivity index (χ2v) is 5.10. The standard InChI is InChI=1S/C17H15F4NO3/c1-24-12-4-6-15(25-2)10(7-12)8-16(23)22-11-3-5-14(18)13(9-11)17(19,20)21/h3-7,9H,8H2,1-2H3,(H,22,23). The minimum Gasteiger partial charge on any atom is -0.497 e. The molecule has 0 spiro atoms. The molecule has 1 amide bonds. The molecule has 0 aliphatic rings. The maximum Gasteiger partial charge on any atom is 0.419 e. The van der Waals surface area contributed by atoms with Crippen LogP contribution in [-0.4, -0.2) is 20.1 Å². The van der Waals surface area contributed by atoms with Gasteiger partial charge in [-0.15, -0.1) is 0 Å². The van der Waals surface area contributed by atoms with E-state index in [9.17, 15) is 22.4 Å². The molecule has 4 nitrogen and oxygen atoms in total. The number of hydrogen-bond acceptors (Lipinski definition) is 3. The summed E-state index contributed by atoms with van der Waals surface area (Å²) in [6.45, 7) is 0. The fourth-order valence-corrected chi connectivity index (χ4v) is 2.22. The van der Waals surface area contributed by atoms with E-state index in [-0.39, 0.29) is 12.1 Å². The van der Waals surface area contributed by atoms with Crippen molar-refractivity contribution < 1.29 is 31.8 Å². The first-order chi connectivity index (χ1) is 11.7. The Balaban J connectivity index is 2.18. The van der Waals surface area contributed by atoms with E-state index < -0.39 is 23.5 Å². The molecular weight excluding hydrogens is 342 g/mol. The zero-order chi connectivity index (χ0) is 18.6. The Hall–Kier alpha value is -2.77. The fraction of sp³-hybridized carbons (Fsp3) is 0.235. The molecule has 0 unspecified atom stereocenters. The number of methoxy groups -OCH3 is 2. The molecule has 0 saturated carbocycles. The molecule has 0 fully saturated rings. The molecule has 2 rings (SSSR count). The molecule has 1 N–H and O–H groups in total. The van der Waals surface area contributed by atoms with Gasteiger partial charge < -0.3 is 14.8 Å². The summed E-state index contributed by atoms with van der Waals surface area (Å²) in [5.41, 5.74) is -1.10. The lowest BCUT2D eigenvalue weighted by Gasteiger charge is -2.12. The summed E-state index contributed by atoms with van der Waals surface area (Å²) >= 11 is 0. The van der Waals surface area contributed by atoms with Crippen molar-refractivity contribution in [3.63, 3.8) is 0 Å². The van der Waals surface area contributed by atoms with Gasteiger partial charge in [-0.1, -0.05) is 0 Å². The van der Waals surface area contributed by atoms with E-state index in [0.29, 0.717) is 29.2 Å². The number of anilines is 1. The van der Waals surface area contributed by atoms with Gasteiger partial charge in [0.2, 0.25) is 5.91 Å². The number of hydrogen-bond donors (Lipinski definition) is 1. The van der Waals surface area contributed by atoms with Crippen molar-refractivity contribution in [3.05, 3.63) is 53.3 Å². The van der Waals surface area contributed by atoms with E-state index in [1.807, 2.05) is 0 Å². The number of carbonyl (C=O) groups is 1. The normalized spacial score (nSPS) is 11.1. The van der Waals surface area contributed by atoms with Crippen LogP contribution >= 0.6 is 0 Å². The van der Waals surface area contributed by atoms with Crippen LogP contribution in [0.4, 0.5) is 23.2 Å². The van der Waals surface area contributed by atoms with Gasteiger partial charge >= 0.3 is 6.18 Å². The number of halogens is 4. The van der Waals surface area contributed by atoms with Crippen LogP contribution < -0.4 is 14.8 Å². The van der Waals surface area contributed by atoms with Gasteiger partial charge in [-0.25, -0.2) is 4.39 Å². The molecular formula is C17H15F4NO3. The number of carbonyl (C=O) groups excluding carboxylic acids is 1. The lowest BCUT2D eigenvalue weighted by atomic mass is 10.1. The molecule has 0 aliphatic carbocycles. The highest BCUT2D eigenvalue weighted by Crippen LogP contribution is 2.33. The highest BCUT2D eigenvalue weighted by molar-refractivity contribution is 5.92. The van der Waals surface area contributed by atoms with Crippen LogP contribution in [0.1, 0.15) is 11.1 Å². The molecule has 2 aromatic carbocycles. The number of ether oxygens (including phenoxy) is 2. The topological polar surface area (TPSA) is 47.6 Å². The second kappa shape index (κ2) is 7.42. The first kappa shape index (κ1) is 18.6. The van der Waals surface area contributed by atoms with Crippen LogP contribution in [0.2, 0.25) is 0 Å². The highest BCUT2D eigenvalue weighted by atomic mass is 19.4. The summed E-state index contributed by atoms with van der Waals surface area (Å²) in [6.07, 6.45) is -5.00. The molecule has 0 atom stereocenters. The van der Waals surface area contributed by atoms with Crippen molar-refractivity contribution in [1.29, 1.82) is 0 Å². The monoisotopic (exact) mass is 357 g/mol. The van der Waals surface area contributed by atoms with Crippen molar-refractivity contribution in [2.24, 2.45) is 0 Å². The van der Waals surface area contributed by atoms with Crippen LogP contribution in [-0.2, 0) is 17.4 Å². The lowest BCUT2D eigenvalue weighted by Crippen LogP contribution is -2.16. The van der Waals surface area contributed by atoms with Crippen LogP contribution in [0.5, 0.6) is 11.5 Å². The van der Waals surface area contributed by atoms with Crippen molar-refractivity contribution in [3.8, 4) is 11.5 Å². The van der Waals surface area contributed by atoms with Gasteiger partial charge in [0.15, 0.2) is 0 Å². The summed E-state index contributed by atoms with van der Waals surface area (Å²) in [4.78, 5) is 12.1. The predicted octanol–water partition coefficient (Wildman–Crippen LogP) is 4.04. The second-order valence-electron chi connectivity index (χ2n) is 5.10. The number of nitrogens with one attached hydrogen (secondary N) is 1. The van der Waals surface area contributed by atoms with Crippen LogP contribution in [0.25, 0.3) is 0 Å². The summed E-state index contributed by atoms with van der Waals surface area (Å²) in [5.74, 6) is -1.04. The average Bonchev–Trinajstić information content (AvgIpc) is 2.55. The van der Waals surface area contributed by atoms with E-state index in [2.05, 4.69) is 5.32 Å².